The van der Waals surface area contributed by atoms with E-state index in [0.29, 0.717) is 30.3 Å². The highest BCUT2D eigenvalue weighted by Gasteiger charge is 2.35. The zero-order chi connectivity index (χ0) is 18.8. The summed E-state index contributed by atoms with van der Waals surface area (Å²) >= 11 is 1.53. The summed E-state index contributed by atoms with van der Waals surface area (Å²) in [5, 5.41) is 21.5. The Hall–Kier alpha value is -3.00. The SMILES string of the molecule is O=C(O)C1c2ccccc2CCN1C(=O)CCc1nnc(-c2ccsc2)o1. The Morgan fingerprint density at radius 2 is 2.11 bits per heavy atom. The molecule has 1 atom stereocenters. The predicted molar refractivity (Wildman–Crippen MR) is 98.2 cm³/mol. The number of aliphatic carboxylic acids is 1. The van der Waals surface area contributed by atoms with Crippen LogP contribution in [0.5, 0.6) is 0 Å². The van der Waals surface area contributed by atoms with Crippen LogP contribution < -0.4 is 0 Å². The number of fused-ring (bicyclic) bond motifs is 1. The second-order valence-electron chi connectivity index (χ2n) is 6.29. The molecule has 0 radical (unpaired) electrons. The predicted octanol–water partition coefficient (Wildman–Crippen LogP) is 2.94. The van der Waals surface area contributed by atoms with Crippen LogP contribution in [0.3, 0.4) is 0 Å². The summed E-state index contributed by atoms with van der Waals surface area (Å²) < 4.78 is 5.59. The van der Waals surface area contributed by atoms with E-state index in [4.69, 9.17) is 4.42 Å². The summed E-state index contributed by atoms with van der Waals surface area (Å²) in [6.07, 6.45) is 1.05. The molecule has 3 heterocycles. The molecule has 7 nitrogen and oxygen atoms in total. The number of benzene rings is 1. The van der Waals surface area contributed by atoms with Crippen LogP contribution in [0, 0.1) is 0 Å². The number of thiophene rings is 1. The van der Waals surface area contributed by atoms with Crippen molar-refractivity contribution >= 4 is 23.2 Å². The quantitative estimate of drug-likeness (QED) is 0.728. The summed E-state index contributed by atoms with van der Waals surface area (Å²) in [6.45, 7) is 0.386. The monoisotopic (exact) mass is 383 g/mol. The minimum Gasteiger partial charge on any atom is -0.479 e. The topological polar surface area (TPSA) is 96.5 Å². The van der Waals surface area contributed by atoms with Gasteiger partial charge in [-0.25, -0.2) is 4.79 Å². The van der Waals surface area contributed by atoms with Gasteiger partial charge in [-0.1, -0.05) is 24.3 Å². The van der Waals surface area contributed by atoms with Crippen LogP contribution in [0.15, 0.2) is 45.5 Å². The van der Waals surface area contributed by atoms with E-state index in [9.17, 15) is 14.7 Å². The normalized spacial score (nSPS) is 16.1. The molecule has 27 heavy (non-hydrogen) atoms. The van der Waals surface area contributed by atoms with Gasteiger partial charge in [0.25, 0.3) is 0 Å². The fourth-order valence-electron chi connectivity index (χ4n) is 3.32. The largest absolute Gasteiger partial charge is 0.479 e. The smallest absolute Gasteiger partial charge is 0.331 e. The number of carboxylic acid groups (broad SMARTS) is 1. The van der Waals surface area contributed by atoms with E-state index in [0.717, 1.165) is 11.1 Å². The van der Waals surface area contributed by atoms with Crippen molar-refractivity contribution in [2.45, 2.75) is 25.3 Å². The zero-order valence-electron chi connectivity index (χ0n) is 14.4. The van der Waals surface area contributed by atoms with Crippen molar-refractivity contribution in [3.8, 4) is 11.5 Å². The molecular weight excluding hydrogens is 366 g/mol. The average molecular weight is 383 g/mol. The lowest BCUT2D eigenvalue weighted by Gasteiger charge is -2.34. The lowest BCUT2D eigenvalue weighted by molar-refractivity contribution is -0.151. The van der Waals surface area contributed by atoms with Gasteiger partial charge in [-0.05, 0) is 29.0 Å². The second kappa shape index (κ2) is 7.32. The number of carboxylic acids is 1. The average Bonchev–Trinajstić information content (AvgIpc) is 3.36. The summed E-state index contributed by atoms with van der Waals surface area (Å²) in [6, 6.07) is 8.31. The van der Waals surface area contributed by atoms with Gasteiger partial charge in [0.05, 0.1) is 0 Å². The van der Waals surface area contributed by atoms with Gasteiger partial charge in [-0.3, -0.25) is 4.79 Å². The molecule has 1 unspecified atom stereocenters. The molecule has 0 fully saturated rings. The van der Waals surface area contributed by atoms with Crippen molar-refractivity contribution in [2.24, 2.45) is 0 Å². The summed E-state index contributed by atoms with van der Waals surface area (Å²) in [5.74, 6) is -0.455. The summed E-state index contributed by atoms with van der Waals surface area (Å²) in [7, 11) is 0. The molecule has 0 saturated heterocycles. The number of hydrogen-bond donors (Lipinski definition) is 1. The van der Waals surface area contributed by atoms with Crippen molar-refractivity contribution in [1.82, 2.24) is 15.1 Å². The number of hydrogen-bond acceptors (Lipinski definition) is 6. The molecule has 2 aromatic heterocycles. The first-order valence-corrected chi connectivity index (χ1v) is 9.53. The van der Waals surface area contributed by atoms with Crippen molar-refractivity contribution in [3.05, 3.63) is 58.1 Å². The maximum Gasteiger partial charge on any atom is 0.331 e. The van der Waals surface area contributed by atoms with Crippen LogP contribution in [-0.2, 0) is 22.4 Å². The maximum atomic E-state index is 12.7. The maximum absolute atomic E-state index is 12.7. The molecule has 0 spiro atoms. The number of amides is 1. The minimum atomic E-state index is -1.02. The fourth-order valence-corrected chi connectivity index (χ4v) is 3.95. The van der Waals surface area contributed by atoms with Crippen LogP contribution in [0.25, 0.3) is 11.5 Å². The van der Waals surface area contributed by atoms with Gasteiger partial charge in [0.1, 0.15) is 0 Å². The lowest BCUT2D eigenvalue weighted by Crippen LogP contribution is -2.43. The third-order valence-electron chi connectivity index (χ3n) is 4.63. The van der Waals surface area contributed by atoms with Crippen molar-refractivity contribution in [2.75, 3.05) is 6.54 Å². The molecule has 0 saturated carbocycles. The Bertz CT molecular complexity index is 967. The number of carbonyl (C=O) groups excluding carboxylic acids is 1. The van der Waals surface area contributed by atoms with Gasteiger partial charge in [0.2, 0.25) is 17.7 Å². The molecule has 1 aromatic carbocycles. The van der Waals surface area contributed by atoms with Crippen molar-refractivity contribution in [1.29, 1.82) is 0 Å². The van der Waals surface area contributed by atoms with Gasteiger partial charge in [-0.2, -0.15) is 11.3 Å². The summed E-state index contributed by atoms with van der Waals surface area (Å²) in [4.78, 5) is 25.9. The Morgan fingerprint density at radius 1 is 1.26 bits per heavy atom. The Labute approximate surface area is 159 Å². The third kappa shape index (κ3) is 3.48. The van der Waals surface area contributed by atoms with Gasteiger partial charge in [-0.15, -0.1) is 10.2 Å². The Balaban J connectivity index is 1.46. The first-order valence-electron chi connectivity index (χ1n) is 8.58. The van der Waals surface area contributed by atoms with Crippen LogP contribution in [0.4, 0.5) is 0 Å². The minimum absolute atomic E-state index is 0.122. The van der Waals surface area contributed by atoms with E-state index in [-0.39, 0.29) is 18.7 Å². The molecule has 1 aliphatic rings. The third-order valence-corrected chi connectivity index (χ3v) is 5.31. The van der Waals surface area contributed by atoms with E-state index in [1.54, 1.807) is 12.1 Å². The molecule has 3 aromatic rings. The molecule has 0 aliphatic carbocycles. The molecule has 4 rings (SSSR count). The first kappa shape index (κ1) is 17.4. The van der Waals surface area contributed by atoms with Crippen LogP contribution >= 0.6 is 11.3 Å². The van der Waals surface area contributed by atoms with Crippen LogP contribution in [0.2, 0.25) is 0 Å². The zero-order valence-corrected chi connectivity index (χ0v) is 15.2. The Kier molecular flexibility index (Phi) is 4.72. The number of rotatable bonds is 5. The Morgan fingerprint density at radius 3 is 2.89 bits per heavy atom. The molecule has 0 bridgehead atoms. The van der Waals surface area contributed by atoms with E-state index >= 15 is 0 Å². The number of nitrogens with zero attached hydrogens (tertiary/aromatic N) is 3. The molecule has 8 heteroatoms. The van der Waals surface area contributed by atoms with Gasteiger partial charge >= 0.3 is 5.97 Å². The van der Waals surface area contributed by atoms with Crippen molar-refractivity contribution in [3.63, 3.8) is 0 Å². The van der Waals surface area contributed by atoms with Crippen LogP contribution in [0.1, 0.15) is 29.5 Å². The molecular formula is C19H17N3O4S. The van der Waals surface area contributed by atoms with E-state index in [2.05, 4.69) is 10.2 Å². The highest BCUT2D eigenvalue weighted by Crippen LogP contribution is 2.30. The molecule has 1 amide bonds. The highest BCUT2D eigenvalue weighted by atomic mass is 32.1. The number of aromatic nitrogens is 2. The van der Waals surface area contributed by atoms with Crippen molar-refractivity contribution < 1.29 is 19.1 Å². The number of aryl methyl sites for hydroxylation is 1. The highest BCUT2D eigenvalue weighted by molar-refractivity contribution is 7.08. The first-order chi connectivity index (χ1) is 13.1. The van der Waals surface area contributed by atoms with E-state index < -0.39 is 12.0 Å². The van der Waals surface area contributed by atoms with E-state index in [1.807, 2.05) is 29.0 Å². The van der Waals surface area contributed by atoms with Crippen LogP contribution in [-0.4, -0.2) is 38.6 Å². The van der Waals surface area contributed by atoms with E-state index in [1.165, 1.54) is 16.2 Å². The molecule has 138 valence electrons. The molecule has 1 N–H and O–H groups in total. The molecule has 1 aliphatic heterocycles. The van der Waals surface area contributed by atoms with Gasteiger partial charge < -0.3 is 14.4 Å². The van der Waals surface area contributed by atoms with Gasteiger partial charge in [0.15, 0.2) is 6.04 Å². The standard InChI is InChI=1S/C19H17N3O4S/c23-16(6-5-15-20-21-18(26-15)13-8-10-27-11-13)22-9-7-12-3-1-2-4-14(12)17(22)19(24)25/h1-4,8,10-11,17H,5-7,9H2,(H,24,25). The number of carbonyl (C=O) groups is 2. The second-order valence-corrected chi connectivity index (χ2v) is 7.07. The van der Waals surface area contributed by atoms with Gasteiger partial charge in [0, 0.05) is 30.3 Å². The fraction of sp³-hybridized carbons (Fsp3) is 0.263. The summed E-state index contributed by atoms with van der Waals surface area (Å²) in [5.41, 5.74) is 2.51. The lowest BCUT2D eigenvalue weighted by atomic mass is 9.92.